The van der Waals surface area contributed by atoms with Crippen molar-refractivity contribution in [2.75, 3.05) is 18.1 Å². The zero-order valence-electron chi connectivity index (χ0n) is 14.9. The second-order valence-electron chi connectivity index (χ2n) is 6.80. The highest BCUT2D eigenvalue weighted by Crippen LogP contribution is 2.28. The molecule has 1 aliphatic heterocycles. The van der Waals surface area contributed by atoms with E-state index in [9.17, 15) is 4.79 Å². The van der Waals surface area contributed by atoms with E-state index in [1.165, 1.54) is 10.9 Å². The zero-order chi connectivity index (χ0) is 17.9. The molecule has 1 atom stereocenters. The first-order chi connectivity index (χ1) is 12.7. The molecule has 0 N–H and O–H groups in total. The van der Waals surface area contributed by atoms with E-state index >= 15 is 0 Å². The van der Waals surface area contributed by atoms with Crippen molar-refractivity contribution in [3.05, 3.63) is 65.7 Å². The molecule has 132 valence electrons. The van der Waals surface area contributed by atoms with Crippen molar-refractivity contribution in [2.24, 2.45) is 0 Å². The average molecular weight is 346 g/mol. The quantitative estimate of drug-likeness (QED) is 0.642. The smallest absolute Gasteiger partial charge is 0.150 e. The number of aryl methyl sites for hydroxylation is 1. The predicted molar refractivity (Wildman–Crippen MR) is 104 cm³/mol. The second-order valence-corrected chi connectivity index (χ2v) is 6.80. The van der Waals surface area contributed by atoms with Crippen LogP contribution in [0.1, 0.15) is 28.8 Å². The zero-order valence-corrected chi connectivity index (χ0v) is 14.9. The van der Waals surface area contributed by atoms with E-state index in [1.807, 2.05) is 18.2 Å². The number of hydrogen-bond donors (Lipinski definition) is 0. The SMILES string of the molecule is Cc1cc(N2CCC[C@H]2COc2ccc(C=O)cc2)nc2ccccc12. The van der Waals surface area contributed by atoms with Gasteiger partial charge in [0.05, 0.1) is 11.6 Å². The van der Waals surface area contributed by atoms with Gasteiger partial charge in [0.2, 0.25) is 0 Å². The predicted octanol–water partition coefficient (Wildman–Crippen LogP) is 4.40. The summed E-state index contributed by atoms with van der Waals surface area (Å²) in [6, 6.07) is 18.0. The molecular weight excluding hydrogens is 324 g/mol. The van der Waals surface area contributed by atoms with Crippen molar-refractivity contribution in [3.63, 3.8) is 0 Å². The fourth-order valence-corrected chi connectivity index (χ4v) is 3.62. The lowest BCUT2D eigenvalue weighted by atomic mass is 10.1. The highest BCUT2D eigenvalue weighted by Gasteiger charge is 2.26. The highest BCUT2D eigenvalue weighted by atomic mass is 16.5. The first kappa shape index (κ1) is 16.6. The van der Waals surface area contributed by atoms with Gasteiger partial charge >= 0.3 is 0 Å². The Bertz CT molecular complexity index is 921. The minimum Gasteiger partial charge on any atom is -0.491 e. The molecule has 0 aliphatic carbocycles. The minimum absolute atomic E-state index is 0.314. The summed E-state index contributed by atoms with van der Waals surface area (Å²) in [5, 5.41) is 1.21. The number of pyridine rings is 1. The number of fused-ring (bicyclic) bond motifs is 1. The van der Waals surface area contributed by atoms with Crippen molar-refractivity contribution in [1.29, 1.82) is 0 Å². The summed E-state index contributed by atoms with van der Waals surface area (Å²) in [6.07, 6.45) is 3.09. The monoisotopic (exact) mass is 346 g/mol. The first-order valence-corrected chi connectivity index (χ1v) is 9.05. The van der Waals surface area contributed by atoms with Crippen molar-refractivity contribution >= 4 is 23.0 Å². The number of anilines is 1. The number of para-hydroxylation sites is 1. The van der Waals surface area contributed by atoms with E-state index in [0.29, 0.717) is 18.2 Å². The lowest BCUT2D eigenvalue weighted by molar-refractivity contribution is 0.112. The van der Waals surface area contributed by atoms with E-state index in [4.69, 9.17) is 9.72 Å². The summed E-state index contributed by atoms with van der Waals surface area (Å²) < 4.78 is 5.97. The summed E-state index contributed by atoms with van der Waals surface area (Å²) in [5.74, 6) is 1.83. The molecular formula is C22H22N2O2. The van der Waals surface area contributed by atoms with Crippen LogP contribution in [0.3, 0.4) is 0 Å². The standard InChI is InChI=1S/C22H22N2O2/c1-16-13-22(23-21-7-3-2-6-20(16)21)24-12-4-5-18(24)15-26-19-10-8-17(14-25)9-11-19/h2-3,6-11,13-14,18H,4-5,12,15H2,1H3/t18-/m0/s1. The summed E-state index contributed by atoms with van der Waals surface area (Å²) in [5.41, 5.74) is 2.95. The van der Waals surface area contributed by atoms with Crippen molar-refractivity contribution in [2.45, 2.75) is 25.8 Å². The summed E-state index contributed by atoms with van der Waals surface area (Å²) >= 11 is 0. The third-order valence-electron chi connectivity index (χ3n) is 5.04. The Balaban J connectivity index is 1.51. The van der Waals surface area contributed by atoms with E-state index < -0.39 is 0 Å². The van der Waals surface area contributed by atoms with Crippen molar-refractivity contribution in [3.8, 4) is 5.75 Å². The fourth-order valence-electron chi connectivity index (χ4n) is 3.62. The normalized spacial score (nSPS) is 16.8. The number of carbonyl (C=O) groups excluding carboxylic acids is 1. The molecule has 1 aliphatic rings. The molecule has 2 heterocycles. The third-order valence-corrected chi connectivity index (χ3v) is 5.04. The van der Waals surface area contributed by atoms with Gasteiger partial charge in [-0.3, -0.25) is 4.79 Å². The highest BCUT2D eigenvalue weighted by molar-refractivity contribution is 5.84. The van der Waals surface area contributed by atoms with E-state index in [2.05, 4.69) is 36.1 Å². The molecule has 1 aromatic heterocycles. The topological polar surface area (TPSA) is 42.4 Å². The molecule has 0 spiro atoms. The molecule has 0 saturated carbocycles. The second kappa shape index (κ2) is 7.16. The van der Waals surface area contributed by atoms with Crippen LogP contribution in [0.4, 0.5) is 5.82 Å². The van der Waals surface area contributed by atoms with Gasteiger partial charge in [-0.15, -0.1) is 0 Å². The van der Waals surface area contributed by atoms with Crippen LogP contribution < -0.4 is 9.64 Å². The molecule has 4 heteroatoms. The number of aromatic nitrogens is 1. The Morgan fingerprint density at radius 2 is 2.00 bits per heavy atom. The summed E-state index contributed by atoms with van der Waals surface area (Å²) in [7, 11) is 0. The van der Waals surface area contributed by atoms with Crippen LogP contribution in [-0.4, -0.2) is 30.5 Å². The van der Waals surface area contributed by atoms with Crippen LogP contribution in [0, 0.1) is 6.92 Å². The Labute approximate surface area is 153 Å². The summed E-state index contributed by atoms with van der Waals surface area (Å²) in [6.45, 7) is 3.76. The largest absolute Gasteiger partial charge is 0.491 e. The van der Waals surface area contributed by atoms with Gasteiger partial charge in [-0.25, -0.2) is 4.98 Å². The molecule has 1 saturated heterocycles. The van der Waals surface area contributed by atoms with Crippen LogP contribution in [0.2, 0.25) is 0 Å². The van der Waals surface area contributed by atoms with Gasteiger partial charge in [0.25, 0.3) is 0 Å². The van der Waals surface area contributed by atoms with Gasteiger partial charge in [-0.1, -0.05) is 18.2 Å². The molecule has 4 nitrogen and oxygen atoms in total. The Hall–Kier alpha value is -2.88. The maximum absolute atomic E-state index is 10.8. The average Bonchev–Trinajstić information content (AvgIpc) is 3.15. The number of ether oxygens (including phenoxy) is 1. The number of carbonyl (C=O) groups is 1. The van der Waals surface area contributed by atoms with Gasteiger partial charge < -0.3 is 9.64 Å². The number of nitrogens with zero attached hydrogens (tertiary/aromatic N) is 2. The fraction of sp³-hybridized carbons (Fsp3) is 0.273. The van der Waals surface area contributed by atoms with E-state index in [0.717, 1.165) is 42.8 Å². The maximum Gasteiger partial charge on any atom is 0.150 e. The van der Waals surface area contributed by atoms with Crippen LogP contribution in [0.5, 0.6) is 5.75 Å². The molecule has 3 aromatic rings. The van der Waals surface area contributed by atoms with Gasteiger partial charge in [-0.05, 0) is 61.7 Å². The molecule has 1 fully saturated rings. The lowest BCUT2D eigenvalue weighted by Crippen LogP contribution is -2.34. The molecule has 0 bridgehead atoms. The Kier molecular flexibility index (Phi) is 4.57. The number of hydrogen-bond acceptors (Lipinski definition) is 4. The minimum atomic E-state index is 0.314. The molecule has 2 aromatic carbocycles. The molecule has 0 radical (unpaired) electrons. The maximum atomic E-state index is 10.8. The van der Waals surface area contributed by atoms with Crippen LogP contribution in [0.25, 0.3) is 10.9 Å². The molecule has 4 rings (SSSR count). The summed E-state index contributed by atoms with van der Waals surface area (Å²) in [4.78, 5) is 18.0. The third kappa shape index (κ3) is 3.27. The van der Waals surface area contributed by atoms with Crippen LogP contribution >= 0.6 is 0 Å². The van der Waals surface area contributed by atoms with Crippen molar-refractivity contribution < 1.29 is 9.53 Å². The Morgan fingerprint density at radius 1 is 1.19 bits per heavy atom. The molecule has 26 heavy (non-hydrogen) atoms. The van der Waals surface area contributed by atoms with E-state index in [1.54, 1.807) is 12.1 Å². The number of benzene rings is 2. The van der Waals surface area contributed by atoms with Gasteiger partial charge in [0.1, 0.15) is 24.5 Å². The van der Waals surface area contributed by atoms with Gasteiger partial charge in [0.15, 0.2) is 0 Å². The Morgan fingerprint density at radius 3 is 2.81 bits per heavy atom. The van der Waals surface area contributed by atoms with Crippen molar-refractivity contribution in [1.82, 2.24) is 4.98 Å². The number of rotatable bonds is 5. The van der Waals surface area contributed by atoms with Crippen LogP contribution in [0.15, 0.2) is 54.6 Å². The van der Waals surface area contributed by atoms with Gasteiger partial charge in [-0.2, -0.15) is 0 Å². The van der Waals surface area contributed by atoms with Gasteiger partial charge in [0, 0.05) is 17.5 Å². The van der Waals surface area contributed by atoms with E-state index in [-0.39, 0.29) is 0 Å². The lowest BCUT2D eigenvalue weighted by Gasteiger charge is -2.26. The number of aldehydes is 1. The van der Waals surface area contributed by atoms with Crippen LogP contribution in [-0.2, 0) is 0 Å². The first-order valence-electron chi connectivity index (χ1n) is 9.05. The molecule has 0 unspecified atom stereocenters. The molecule has 0 amide bonds.